The van der Waals surface area contributed by atoms with E-state index in [-0.39, 0.29) is 29.9 Å². The van der Waals surface area contributed by atoms with Gasteiger partial charge in [0.25, 0.3) is 0 Å². The van der Waals surface area contributed by atoms with E-state index in [0.29, 0.717) is 22.9 Å². The molecule has 2 heterocycles. The number of aromatic nitrogens is 2. The number of hydrogen-bond donors (Lipinski definition) is 6. The van der Waals surface area contributed by atoms with Crippen molar-refractivity contribution in [2.75, 3.05) is 0 Å². The molecule has 0 radical (unpaired) electrons. The maximum absolute atomic E-state index is 12.7. The molecule has 0 fully saturated rings. The molecule has 0 aliphatic carbocycles. The Balaban J connectivity index is 1.46. The summed E-state index contributed by atoms with van der Waals surface area (Å²) in [5.41, 5.74) is 8.95. The van der Waals surface area contributed by atoms with Crippen LogP contribution in [0.3, 0.4) is 0 Å². The molecule has 32 heavy (non-hydrogen) atoms. The Morgan fingerprint density at radius 3 is 2.47 bits per heavy atom. The zero-order valence-corrected chi connectivity index (χ0v) is 17.4. The molecule has 2 atom stereocenters. The van der Waals surface area contributed by atoms with Crippen LogP contribution in [0.4, 0.5) is 4.79 Å². The van der Waals surface area contributed by atoms with E-state index in [0.717, 1.165) is 21.0 Å². The molecular formula is C23H24N4O5. The highest BCUT2D eigenvalue weighted by atomic mass is 16.4. The molecule has 2 aromatic heterocycles. The third-order valence-electron chi connectivity index (χ3n) is 5.52. The first-order valence-electron chi connectivity index (χ1n) is 10.1. The summed E-state index contributed by atoms with van der Waals surface area (Å²) < 4.78 is 1.09. The van der Waals surface area contributed by atoms with Crippen molar-refractivity contribution < 1.29 is 24.9 Å². The van der Waals surface area contributed by atoms with Crippen LogP contribution in [-0.4, -0.2) is 49.0 Å². The number of rotatable bonds is 6. The summed E-state index contributed by atoms with van der Waals surface area (Å²) in [6.07, 6.45) is 2.78. The fourth-order valence-electron chi connectivity index (χ4n) is 4.00. The fraction of sp³-hybridized carbons (Fsp3) is 0.217. The average molecular weight is 436 g/mol. The molecular weight excluding hydrogens is 412 g/mol. The molecule has 0 saturated heterocycles. The van der Waals surface area contributed by atoms with Gasteiger partial charge < -0.3 is 31.4 Å². The number of carboxylic acid groups (broad SMARTS) is 1. The van der Waals surface area contributed by atoms with Gasteiger partial charge in [-0.05, 0) is 67.3 Å². The molecule has 4 aromatic rings. The lowest BCUT2D eigenvalue weighted by Crippen LogP contribution is -2.46. The van der Waals surface area contributed by atoms with Gasteiger partial charge in [-0.2, -0.15) is 0 Å². The van der Waals surface area contributed by atoms with Crippen LogP contribution in [-0.2, 0) is 17.6 Å². The number of aromatic hydroxyl groups is 2. The van der Waals surface area contributed by atoms with Gasteiger partial charge in [0.05, 0.1) is 11.6 Å². The lowest BCUT2D eigenvalue weighted by molar-refractivity contribution is -0.122. The van der Waals surface area contributed by atoms with Crippen molar-refractivity contribution in [1.29, 1.82) is 0 Å². The maximum Gasteiger partial charge on any atom is 0.416 e. The van der Waals surface area contributed by atoms with Gasteiger partial charge in [0.15, 0.2) is 0 Å². The number of carbonyl (C=O) groups is 2. The number of nitrogens with one attached hydrogen (secondary N) is 2. The highest BCUT2D eigenvalue weighted by Gasteiger charge is 2.20. The Hall–Kier alpha value is -3.98. The van der Waals surface area contributed by atoms with Crippen LogP contribution < -0.4 is 11.1 Å². The van der Waals surface area contributed by atoms with Crippen LogP contribution in [0.5, 0.6) is 11.5 Å². The highest BCUT2D eigenvalue weighted by molar-refractivity contribution is 5.92. The molecule has 0 saturated carbocycles. The summed E-state index contributed by atoms with van der Waals surface area (Å²) in [4.78, 5) is 27.3. The molecule has 0 spiro atoms. The number of carbonyl (C=O) groups excluding carboxylic acids is 1. The van der Waals surface area contributed by atoms with Crippen molar-refractivity contribution in [3.63, 3.8) is 0 Å². The maximum atomic E-state index is 12.7. The first-order chi connectivity index (χ1) is 15.2. The lowest BCUT2D eigenvalue weighted by atomic mass is 10.0. The van der Waals surface area contributed by atoms with Crippen LogP contribution >= 0.6 is 0 Å². The molecule has 9 heteroatoms. The van der Waals surface area contributed by atoms with Crippen LogP contribution in [0, 0.1) is 0 Å². The summed E-state index contributed by atoms with van der Waals surface area (Å²) in [5.74, 6) is -0.168. The summed E-state index contributed by atoms with van der Waals surface area (Å²) in [6, 6.07) is 8.32. The fourth-order valence-corrected chi connectivity index (χ4v) is 4.00. The first kappa shape index (κ1) is 21.3. The Bertz CT molecular complexity index is 1320. The Morgan fingerprint density at radius 2 is 1.75 bits per heavy atom. The molecule has 4 rings (SSSR count). The smallest absolute Gasteiger partial charge is 0.416 e. The monoisotopic (exact) mass is 436 g/mol. The number of H-pyrrole nitrogens is 1. The molecule has 0 bridgehead atoms. The van der Waals surface area contributed by atoms with Crippen molar-refractivity contribution >= 4 is 33.8 Å². The van der Waals surface area contributed by atoms with Crippen molar-refractivity contribution in [3.05, 3.63) is 59.9 Å². The lowest BCUT2D eigenvalue weighted by Gasteiger charge is -2.17. The molecule has 0 unspecified atom stereocenters. The van der Waals surface area contributed by atoms with E-state index in [9.17, 15) is 24.9 Å². The van der Waals surface area contributed by atoms with Crippen molar-refractivity contribution in [2.24, 2.45) is 5.73 Å². The number of phenolic OH excluding ortho intramolecular Hbond substituents is 2. The van der Waals surface area contributed by atoms with Gasteiger partial charge >= 0.3 is 6.09 Å². The molecule has 0 aliphatic rings. The van der Waals surface area contributed by atoms with Crippen LogP contribution in [0.15, 0.2) is 48.8 Å². The third kappa shape index (κ3) is 4.10. The Morgan fingerprint density at radius 1 is 1.06 bits per heavy atom. The molecule has 0 aliphatic heterocycles. The Kier molecular flexibility index (Phi) is 5.50. The highest BCUT2D eigenvalue weighted by Crippen LogP contribution is 2.27. The number of nitrogens with zero attached hydrogens (tertiary/aromatic N) is 1. The molecule has 7 N–H and O–H groups in total. The van der Waals surface area contributed by atoms with Gasteiger partial charge in [0.2, 0.25) is 5.91 Å². The number of amides is 1. The predicted molar refractivity (Wildman–Crippen MR) is 120 cm³/mol. The van der Waals surface area contributed by atoms with E-state index in [1.807, 2.05) is 0 Å². The van der Waals surface area contributed by atoms with Gasteiger partial charge in [-0.25, -0.2) is 4.79 Å². The number of aromatic amines is 1. The minimum atomic E-state index is -1.13. The number of benzene rings is 2. The van der Waals surface area contributed by atoms with E-state index in [1.165, 1.54) is 18.3 Å². The summed E-state index contributed by atoms with van der Waals surface area (Å²) >= 11 is 0. The number of nitrogens with two attached hydrogens (primary N) is 1. The number of fused-ring (bicyclic) bond motifs is 2. The van der Waals surface area contributed by atoms with Gasteiger partial charge in [0.1, 0.15) is 11.5 Å². The normalized spacial score (nSPS) is 13.3. The van der Waals surface area contributed by atoms with Gasteiger partial charge in [-0.3, -0.25) is 9.36 Å². The van der Waals surface area contributed by atoms with Crippen LogP contribution in [0.25, 0.3) is 21.8 Å². The predicted octanol–water partition coefficient (Wildman–Crippen LogP) is 2.68. The van der Waals surface area contributed by atoms with E-state index >= 15 is 0 Å². The molecule has 2 aromatic carbocycles. The van der Waals surface area contributed by atoms with E-state index in [4.69, 9.17) is 5.73 Å². The molecule has 166 valence electrons. The molecule has 1 amide bonds. The van der Waals surface area contributed by atoms with Gasteiger partial charge in [-0.15, -0.1) is 0 Å². The van der Waals surface area contributed by atoms with E-state index in [1.54, 1.807) is 37.4 Å². The largest absolute Gasteiger partial charge is 0.508 e. The quantitative estimate of drug-likeness (QED) is 0.273. The van der Waals surface area contributed by atoms with Crippen LogP contribution in [0.2, 0.25) is 0 Å². The zero-order chi connectivity index (χ0) is 23.0. The Labute approximate surface area is 183 Å². The number of phenols is 2. The van der Waals surface area contributed by atoms with E-state index in [2.05, 4.69) is 10.3 Å². The standard InChI is InChI=1S/C23H24N4O5/c1-12(6-14-11-27(23(31)32)21-5-3-16(29)9-18(14)21)26-22(30)19(24)7-13-10-25-20-4-2-15(28)8-17(13)20/h2-5,8-12,19,25,28-29H,6-7,24H2,1H3,(H,26,30)(H,31,32)/t12-,19+/m1/s1. The average Bonchev–Trinajstić information content (AvgIpc) is 3.29. The zero-order valence-electron chi connectivity index (χ0n) is 17.4. The minimum absolute atomic E-state index is 0.0327. The van der Waals surface area contributed by atoms with Gasteiger partial charge in [0, 0.05) is 34.7 Å². The summed E-state index contributed by atoms with van der Waals surface area (Å²) in [6.45, 7) is 1.81. The van der Waals surface area contributed by atoms with Crippen molar-refractivity contribution in [2.45, 2.75) is 31.8 Å². The van der Waals surface area contributed by atoms with Crippen molar-refractivity contribution in [1.82, 2.24) is 14.9 Å². The summed E-state index contributed by atoms with van der Waals surface area (Å²) in [7, 11) is 0. The third-order valence-corrected chi connectivity index (χ3v) is 5.52. The minimum Gasteiger partial charge on any atom is -0.508 e. The SMILES string of the molecule is C[C@H](Cc1cn(C(=O)O)c2ccc(O)cc12)NC(=O)[C@@H](N)Cc1c[nH]c2ccc(O)cc12. The topological polar surface area (TPSA) is 154 Å². The second kappa shape index (κ2) is 8.27. The van der Waals surface area contributed by atoms with E-state index < -0.39 is 12.1 Å². The second-order valence-corrected chi connectivity index (χ2v) is 7.98. The second-order valence-electron chi connectivity index (χ2n) is 7.98. The van der Waals surface area contributed by atoms with Crippen molar-refractivity contribution in [3.8, 4) is 11.5 Å². The first-order valence-corrected chi connectivity index (χ1v) is 10.1. The number of hydrogen-bond acceptors (Lipinski definition) is 5. The molecule has 9 nitrogen and oxygen atoms in total. The van der Waals surface area contributed by atoms with Gasteiger partial charge in [-0.1, -0.05) is 0 Å². The summed E-state index contributed by atoms with van der Waals surface area (Å²) in [5, 5.41) is 33.3. The van der Waals surface area contributed by atoms with Crippen LogP contribution in [0.1, 0.15) is 18.1 Å².